The number of anilines is 1. The molecule has 9 nitrogen and oxygen atoms in total. The Bertz CT molecular complexity index is 1060. The van der Waals surface area contributed by atoms with Crippen molar-refractivity contribution in [1.29, 1.82) is 0 Å². The van der Waals surface area contributed by atoms with Crippen LogP contribution < -0.4 is 10.1 Å². The number of nitrogens with one attached hydrogen (secondary N) is 1. The number of phenolic OH excluding ortho intramolecular Hbond substituents is 1. The maximum absolute atomic E-state index is 11.8. The topological polar surface area (TPSA) is 120 Å². The van der Waals surface area contributed by atoms with Crippen molar-refractivity contribution in [3.05, 3.63) is 59.8 Å². The van der Waals surface area contributed by atoms with Crippen LogP contribution in [0.2, 0.25) is 0 Å². The summed E-state index contributed by atoms with van der Waals surface area (Å²) in [7, 11) is 1.23. The molecule has 31 heavy (non-hydrogen) atoms. The largest absolute Gasteiger partial charge is 0.507 e. The van der Waals surface area contributed by atoms with E-state index in [-0.39, 0.29) is 36.0 Å². The molecule has 0 spiro atoms. The van der Waals surface area contributed by atoms with Gasteiger partial charge < -0.3 is 29.2 Å². The Morgan fingerprint density at radius 3 is 2.71 bits per heavy atom. The molecule has 0 aliphatic rings. The summed E-state index contributed by atoms with van der Waals surface area (Å²) in [5, 5.41) is 16.8. The minimum absolute atomic E-state index is 0.0188. The highest BCUT2D eigenvalue weighted by molar-refractivity contribution is 5.95. The predicted molar refractivity (Wildman–Crippen MR) is 111 cm³/mol. The summed E-state index contributed by atoms with van der Waals surface area (Å²) in [6, 6.07) is 13.4. The van der Waals surface area contributed by atoms with Gasteiger partial charge in [0.1, 0.15) is 23.7 Å². The third kappa shape index (κ3) is 5.33. The molecule has 0 unspecified atom stereocenters. The zero-order chi connectivity index (χ0) is 22.2. The van der Waals surface area contributed by atoms with Gasteiger partial charge >= 0.3 is 11.9 Å². The van der Waals surface area contributed by atoms with Crippen LogP contribution in [0.3, 0.4) is 0 Å². The number of methoxy groups -OCH3 is 1. The first-order valence-electron chi connectivity index (χ1n) is 9.54. The van der Waals surface area contributed by atoms with Crippen LogP contribution in [0.25, 0.3) is 11.3 Å². The standard InChI is InChI=1S/C22H22N2O7/c1-3-29-21(26)16-13-19(31-24-16)14-6-4-7-15(12-14)23-10-11-30-18-9-5-8-17(25)20(18)22(27)28-2/h4-9,12-13,23,25H,3,10-11H2,1-2H3. The second kappa shape index (κ2) is 10.1. The lowest BCUT2D eigenvalue weighted by Crippen LogP contribution is -2.13. The minimum Gasteiger partial charge on any atom is -0.507 e. The number of nitrogens with zero attached hydrogens (tertiary/aromatic N) is 1. The molecular weight excluding hydrogens is 404 g/mol. The average Bonchev–Trinajstić information content (AvgIpc) is 3.27. The van der Waals surface area contributed by atoms with E-state index in [0.29, 0.717) is 12.3 Å². The summed E-state index contributed by atoms with van der Waals surface area (Å²) >= 11 is 0. The van der Waals surface area contributed by atoms with Gasteiger partial charge in [-0.2, -0.15) is 0 Å². The Labute approximate surface area is 178 Å². The lowest BCUT2D eigenvalue weighted by Gasteiger charge is -2.12. The fourth-order valence-electron chi connectivity index (χ4n) is 2.80. The summed E-state index contributed by atoms with van der Waals surface area (Å²) in [5.41, 5.74) is 1.61. The first-order valence-corrected chi connectivity index (χ1v) is 9.54. The van der Waals surface area contributed by atoms with E-state index in [1.165, 1.54) is 19.2 Å². The normalized spacial score (nSPS) is 10.4. The number of rotatable bonds is 9. The molecule has 0 radical (unpaired) electrons. The number of hydrogen-bond donors (Lipinski definition) is 2. The number of carbonyl (C=O) groups excluding carboxylic acids is 2. The fourth-order valence-corrected chi connectivity index (χ4v) is 2.80. The zero-order valence-electron chi connectivity index (χ0n) is 17.1. The molecular formula is C22H22N2O7. The number of carbonyl (C=O) groups is 2. The van der Waals surface area contributed by atoms with Gasteiger partial charge in [0.05, 0.1) is 13.7 Å². The smallest absolute Gasteiger partial charge is 0.360 e. The van der Waals surface area contributed by atoms with Crippen molar-refractivity contribution in [2.45, 2.75) is 6.92 Å². The van der Waals surface area contributed by atoms with Crippen LogP contribution >= 0.6 is 0 Å². The van der Waals surface area contributed by atoms with E-state index in [1.54, 1.807) is 19.1 Å². The number of phenols is 1. The van der Waals surface area contributed by atoms with Crippen molar-refractivity contribution in [3.63, 3.8) is 0 Å². The third-order valence-electron chi connectivity index (χ3n) is 4.22. The van der Waals surface area contributed by atoms with Gasteiger partial charge in [0.15, 0.2) is 11.5 Å². The molecule has 1 heterocycles. The van der Waals surface area contributed by atoms with Gasteiger partial charge in [0.25, 0.3) is 0 Å². The molecule has 162 valence electrons. The minimum atomic E-state index is -0.678. The molecule has 0 aliphatic carbocycles. The van der Waals surface area contributed by atoms with E-state index in [2.05, 4.69) is 15.2 Å². The summed E-state index contributed by atoms with van der Waals surface area (Å²) in [6.45, 7) is 2.62. The van der Waals surface area contributed by atoms with Crippen molar-refractivity contribution >= 4 is 17.6 Å². The SMILES string of the molecule is CCOC(=O)c1cc(-c2cccc(NCCOc3cccc(O)c3C(=O)OC)c2)on1. The number of hydrogen-bond acceptors (Lipinski definition) is 9. The molecule has 0 atom stereocenters. The predicted octanol–water partition coefficient (Wildman–Crippen LogP) is 3.50. The number of ether oxygens (including phenoxy) is 3. The molecule has 0 bridgehead atoms. The van der Waals surface area contributed by atoms with Crippen LogP contribution in [-0.2, 0) is 9.47 Å². The van der Waals surface area contributed by atoms with Gasteiger partial charge in [-0.15, -0.1) is 0 Å². The number of esters is 2. The van der Waals surface area contributed by atoms with Crippen LogP contribution in [-0.4, -0.2) is 49.1 Å². The van der Waals surface area contributed by atoms with E-state index in [1.807, 2.05) is 24.3 Å². The summed E-state index contributed by atoms with van der Waals surface area (Å²) in [6.07, 6.45) is 0. The second-order valence-corrected chi connectivity index (χ2v) is 6.29. The van der Waals surface area contributed by atoms with Crippen LogP contribution in [0.15, 0.2) is 53.1 Å². The van der Waals surface area contributed by atoms with Gasteiger partial charge in [0.2, 0.25) is 0 Å². The van der Waals surface area contributed by atoms with Crippen molar-refractivity contribution < 1.29 is 33.4 Å². The molecule has 1 aromatic heterocycles. The maximum Gasteiger partial charge on any atom is 0.360 e. The molecule has 0 amide bonds. The molecule has 0 saturated heterocycles. The summed E-state index contributed by atoms with van der Waals surface area (Å²) in [4.78, 5) is 23.6. The first kappa shape index (κ1) is 21.7. The molecule has 0 saturated carbocycles. The van der Waals surface area contributed by atoms with Gasteiger partial charge in [-0.25, -0.2) is 9.59 Å². The highest BCUT2D eigenvalue weighted by atomic mass is 16.5. The number of benzene rings is 2. The summed E-state index contributed by atoms with van der Waals surface area (Å²) < 4.78 is 20.5. The quantitative estimate of drug-likeness (QED) is 0.391. The van der Waals surface area contributed by atoms with Gasteiger partial charge in [0, 0.05) is 23.9 Å². The van der Waals surface area contributed by atoms with E-state index in [9.17, 15) is 14.7 Å². The van der Waals surface area contributed by atoms with E-state index in [0.717, 1.165) is 11.3 Å². The molecule has 0 aliphatic heterocycles. The van der Waals surface area contributed by atoms with Crippen LogP contribution in [0.5, 0.6) is 11.5 Å². The molecule has 9 heteroatoms. The van der Waals surface area contributed by atoms with Crippen molar-refractivity contribution in [1.82, 2.24) is 5.16 Å². The third-order valence-corrected chi connectivity index (χ3v) is 4.22. The molecule has 3 rings (SSSR count). The van der Waals surface area contributed by atoms with Gasteiger partial charge in [-0.05, 0) is 31.2 Å². The monoisotopic (exact) mass is 426 g/mol. The van der Waals surface area contributed by atoms with E-state index in [4.69, 9.17) is 14.0 Å². The Morgan fingerprint density at radius 2 is 1.94 bits per heavy atom. The lowest BCUT2D eigenvalue weighted by molar-refractivity contribution is 0.0513. The Kier molecular flexibility index (Phi) is 7.10. The summed E-state index contributed by atoms with van der Waals surface area (Å²) in [5.74, 6) is -0.759. The molecule has 2 N–H and O–H groups in total. The average molecular weight is 426 g/mol. The molecule has 0 fully saturated rings. The second-order valence-electron chi connectivity index (χ2n) is 6.29. The van der Waals surface area contributed by atoms with Gasteiger partial charge in [-0.1, -0.05) is 23.4 Å². The molecule has 3 aromatic rings. The number of aromatic hydroxyl groups is 1. The lowest BCUT2D eigenvalue weighted by atomic mass is 10.1. The highest BCUT2D eigenvalue weighted by Gasteiger charge is 2.18. The molecule has 2 aromatic carbocycles. The Morgan fingerprint density at radius 1 is 1.13 bits per heavy atom. The zero-order valence-corrected chi connectivity index (χ0v) is 17.1. The van der Waals surface area contributed by atoms with E-state index >= 15 is 0 Å². The highest BCUT2D eigenvalue weighted by Crippen LogP contribution is 2.28. The van der Waals surface area contributed by atoms with Crippen molar-refractivity contribution in [3.8, 4) is 22.8 Å². The fraction of sp³-hybridized carbons (Fsp3) is 0.227. The van der Waals surface area contributed by atoms with Crippen molar-refractivity contribution in [2.24, 2.45) is 0 Å². The Hall–Kier alpha value is -4.01. The maximum atomic E-state index is 11.8. The number of aromatic nitrogens is 1. The van der Waals surface area contributed by atoms with Gasteiger partial charge in [-0.3, -0.25) is 0 Å². The van der Waals surface area contributed by atoms with E-state index < -0.39 is 11.9 Å². The van der Waals surface area contributed by atoms with Crippen LogP contribution in [0.1, 0.15) is 27.8 Å². The van der Waals surface area contributed by atoms with Crippen LogP contribution in [0.4, 0.5) is 5.69 Å². The first-order chi connectivity index (χ1) is 15.0. The van der Waals surface area contributed by atoms with Crippen molar-refractivity contribution in [2.75, 3.05) is 32.2 Å². The Balaban J connectivity index is 1.60. The van der Waals surface area contributed by atoms with Crippen LogP contribution in [0, 0.1) is 0 Å².